The lowest BCUT2D eigenvalue weighted by molar-refractivity contribution is 0.185. The Morgan fingerprint density at radius 3 is 2.65 bits per heavy atom. The summed E-state index contributed by atoms with van der Waals surface area (Å²) in [5.74, 6) is 1.20. The van der Waals surface area contributed by atoms with Crippen LogP contribution in [0, 0.1) is 5.41 Å². The van der Waals surface area contributed by atoms with E-state index >= 15 is 0 Å². The van der Waals surface area contributed by atoms with Crippen LogP contribution in [0.3, 0.4) is 0 Å². The summed E-state index contributed by atoms with van der Waals surface area (Å²) in [5.41, 5.74) is 5.33. The van der Waals surface area contributed by atoms with Gasteiger partial charge in [-0.25, -0.2) is 0 Å². The Hall–Kier alpha value is -2.13. The zero-order chi connectivity index (χ0) is 17.8. The van der Waals surface area contributed by atoms with Gasteiger partial charge < -0.3 is 10.1 Å². The number of ether oxygens (including phenoxy) is 1. The van der Waals surface area contributed by atoms with E-state index in [-0.39, 0.29) is 5.41 Å². The first-order valence-electron chi connectivity index (χ1n) is 9.76. The maximum Gasteiger partial charge on any atom is 0.108 e. The van der Waals surface area contributed by atoms with Gasteiger partial charge >= 0.3 is 0 Å². The van der Waals surface area contributed by atoms with E-state index in [4.69, 9.17) is 9.73 Å². The summed E-state index contributed by atoms with van der Waals surface area (Å²) >= 11 is 0. The molecule has 3 heteroatoms. The minimum atomic E-state index is 0.205. The first kappa shape index (κ1) is 17.3. The van der Waals surface area contributed by atoms with E-state index < -0.39 is 0 Å². The van der Waals surface area contributed by atoms with E-state index in [0.717, 1.165) is 13.0 Å². The molecule has 0 aromatic heterocycles. The second-order valence-corrected chi connectivity index (χ2v) is 7.72. The summed E-state index contributed by atoms with van der Waals surface area (Å²) in [7, 11) is 1.74. The van der Waals surface area contributed by atoms with Crippen LogP contribution in [0.1, 0.15) is 48.8 Å². The van der Waals surface area contributed by atoms with Crippen LogP contribution in [-0.4, -0.2) is 12.9 Å². The predicted molar refractivity (Wildman–Crippen MR) is 108 cm³/mol. The van der Waals surface area contributed by atoms with Gasteiger partial charge in [-0.3, -0.25) is 4.99 Å². The van der Waals surface area contributed by atoms with E-state index in [1.54, 1.807) is 7.11 Å². The number of methoxy groups -OCH3 is 1. The third kappa shape index (κ3) is 3.54. The lowest BCUT2D eigenvalue weighted by Crippen LogP contribution is -2.43. The van der Waals surface area contributed by atoms with Crippen molar-refractivity contribution in [1.82, 2.24) is 0 Å². The molecule has 26 heavy (non-hydrogen) atoms. The molecule has 2 aromatic rings. The van der Waals surface area contributed by atoms with E-state index in [9.17, 15) is 0 Å². The standard InChI is InChI=1S/C23H28N2O/c1-26-17-19-9-7-8-18(14-19)16-24-22-23(12-5-2-6-13-23)15-20-10-3-4-11-21(20)25-22/h3-4,7-11,14H,2,5-6,12-13,15-17H2,1H3,(H,24,25). The average molecular weight is 348 g/mol. The highest BCUT2D eigenvalue weighted by Crippen LogP contribution is 2.45. The van der Waals surface area contributed by atoms with Gasteiger partial charge in [0, 0.05) is 18.2 Å². The normalized spacial score (nSPS) is 20.0. The molecule has 4 rings (SSSR count). The van der Waals surface area contributed by atoms with E-state index in [2.05, 4.69) is 53.8 Å². The largest absolute Gasteiger partial charge is 0.380 e. The molecule has 1 spiro atoms. The Morgan fingerprint density at radius 2 is 1.81 bits per heavy atom. The van der Waals surface area contributed by atoms with Crippen molar-refractivity contribution in [3.05, 3.63) is 65.2 Å². The van der Waals surface area contributed by atoms with Crippen molar-refractivity contribution in [3.63, 3.8) is 0 Å². The van der Waals surface area contributed by atoms with Gasteiger partial charge in [0.15, 0.2) is 0 Å². The van der Waals surface area contributed by atoms with Crippen molar-refractivity contribution in [3.8, 4) is 0 Å². The van der Waals surface area contributed by atoms with E-state index in [0.29, 0.717) is 6.61 Å². The van der Waals surface area contributed by atoms with Gasteiger partial charge in [0.2, 0.25) is 0 Å². The summed E-state index contributed by atoms with van der Waals surface area (Å²) < 4.78 is 5.26. The van der Waals surface area contributed by atoms with Crippen molar-refractivity contribution >= 4 is 11.5 Å². The minimum absolute atomic E-state index is 0.205. The molecule has 0 unspecified atom stereocenters. The number of fused-ring (bicyclic) bond motifs is 1. The number of hydrogen-bond donors (Lipinski definition) is 1. The van der Waals surface area contributed by atoms with Crippen molar-refractivity contribution in [2.45, 2.75) is 51.7 Å². The first-order valence-corrected chi connectivity index (χ1v) is 9.76. The lowest BCUT2D eigenvalue weighted by Gasteiger charge is -2.42. The van der Waals surface area contributed by atoms with Crippen LogP contribution in [0.5, 0.6) is 0 Å². The van der Waals surface area contributed by atoms with Gasteiger partial charge in [-0.05, 0) is 42.0 Å². The molecule has 1 aliphatic heterocycles. The zero-order valence-electron chi connectivity index (χ0n) is 15.6. The number of amidine groups is 1. The van der Waals surface area contributed by atoms with Gasteiger partial charge in [0.25, 0.3) is 0 Å². The Morgan fingerprint density at radius 1 is 1.00 bits per heavy atom. The third-order valence-corrected chi connectivity index (χ3v) is 5.83. The quantitative estimate of drug-likeness (QED) is 0.808. The summed E-state index contributed by atoms with van der Waals surface area (Å²) in [6, 6.07) is 17.3. The fourth-order valence-electron chi connectivity index (χ4n) is 4.51. The molecule has 3 nitrogen and oxygen atoms in total. The molecule has 0 atom stereocenters. The Balaban J connectivity index is 1.62. The lowest BCUT2D eigenvalue weighted by atomic mass is 9.67. The number of rotatable bonds is 4. The first-order chi connectivity index (χ1) is 12.8. The molecule has 1 saturated carbocycles. The van der Waals surface area contributed by atoms with E-state index in [1.807, 2.05) is 0 Å². The molecule has 1 fully saturated rings. The molecule has 2 aliphatic rings. The molecule has 0 amide bonds. The van der Waals surface area contributed by atoms with Gasteiger partial charge in [0.05, 0.1) is 13.2 Å². The van der Waals surface area contributed by atoms with Crippen molar-refractivity contribution in [2.24, 2.45) is 10.4 Å². The minimum Gasteiger partial charge on any atom is -0.380 e. The maximum absolute atomic E-state index is 5.26. The molecular weight excluding hydrogens is 320 g/mol. The molecule has 1 aliphatic carbocycles. The Bertz CT molecular complexity index is 790. The monoisotopic (exact) mass is 348 g/mol. The van der Waals surface area contributed by atoms with Crippen LogP contribution in [0.15, 0.2) is 53.5 Å². The van der Waals surface area contributed by atoms with E-state index in [1.165, 1.54) is 60.3 Å². The van der Waals surface area contributed by atoms with Crippen LogP contribution in [0.4, 0.5) is 5.69 Å². The highest BCUT2D eigenvalue weighted by Gasteiger charge is 2.40. The molecule has 136 valence electrons. The van der Waals surface area contributed by atoms with Gasteiger partial charge in [-0.2, -0.15) is 0 Å². The second-order valence-electron chi connectivity index (χ2n) is 7.72. The van der Waals surface area contributed by atoms with Crippen LogP contribution < -0.4 is 5.32 Å². The summed E-state index contributed by atoms with van der Waals surface area (Å²) in [5, 5.41) is 3.69. The van der Waals surface area contributed by atoms with Gasteiger partial charge in [-0.1, -0.05) is 61.7 Å². The molecule has 0 bridgehead atoms. The fourth-order valence-corrected chi connectivity index (χ4v) is 4.51. The van der Waals surface area contributed by atoms with Crippen LogP contribution in [0.2, 0.25) is 0 Å². The highest BCUT2D eigenvalue weighted by molar-refractivity contribution is 6.02. The number of hydrogen-bond acceptors (Lipinski definition) is 2. The average Bonchev–Trinajstić information content (AvgIpc) is 2.68. The Kier molecular flexibility index (Phi) is 5.07. The summed E-state index contributed by atoms with van der Waals surface area (Å²) in [6.07, 6.45) is 7.60. The van der Waals surface area contributed by atoms with Crippen molar-refractivity contribution in [2.75, 3.05) is 12.4 Å². The third-order valence-electron chi connectivity index (χ3n) is 5.83. The SMILES string of the molecule is COCc1cccc(CN=C2Nc3ccccc3CC23CCCCC3)c1. The molecule has 2 aromatic carbocycles. The topological polar surface area (TPSA) is 33.6 Å². The van der Waals surface area contributed by atoms with Crippen LogP contribution in [0.25, 0.3) is 0 Å². The van der Waals surface area contributed by atoms with Gasteiger partial charge in [0.1, 0.15) is 5.84 Å². The smallest absolute Gasteiger partial charge is 0.108 e. The predicted octanol–water partition coefficient (Wildman–Crippen LogP) is 5.35. The number of anilines is 1. The van der Waals surface area contributed by atoms with Crippen molar-refractivity contribution < 1.29 is 4.74 Å². The van der Waals surface area contributed by atoms with Gasteiger partial charge in [-0.15, -0.1) is 0 Å². The number of nitrogens with zero attached hydrogens (tertiary/aromatic N) is 1. The molecular formula is C23H28N2O. The number of nitrogens with one attached hydrogen (secondary N) is 1. The molecule has 0 saturated heterocycles. The van der Waals surface area contributed by atoms with Crippen LogP contribution in [-0.2, 0) is 24.3 Å². The van der Waals surface area contributed by atoms with Crippen molar-refractivity contribution in [1.29, 1.82) is 0 Å². The Labute approximate surface area is 156 Å². The summed E-state index contributed by atoms with van der Waals surface area (Å²) in [6.45, 7) is 1.38. The zero-order valence-corrected chi connectivity index (χ0v) is 15.6. The number of para-hydroxylation sites is 1. The number of benzene rings is 2. The maximum atomic E-state index is 5.26. The van der Waals surface area contributed by atoms with Crippen LogP contribution >= 0.6 is 0 Å². The highest BCUT2D eigenvalue weighted by atomic mass is 16.5. The second kappa shape index (κ2) is 7.63. The fraction of sp³-hybridized carbons (Fsp3) is 0.435. The molecule has 0 radical (unpaired) electrons. The molecule has 1 heterocycles. The summed E-state index contributed by atoms with van der Waals surface area (Å²) in [4.78, 5) is 5.10. The number of aliphatic imine (C=N–C) groups is 1. The molecule has 1 N–H and O–H groups in total.